The molecule has 1 aromatic carbocycles. The Morgan fingerprint density at radius 3 is 2.73 bits per heavy atom. The van der Waals surface area contributed by atoms with E-state index in [1.54, 1.807) is 15.9 Å². The second-order valence-electron chi connectivity index (χ2n) is 5.70. The maximum absolute atomic E-state index is 12.1. The molecule has 3 heterocycles. The van der Waals surface area contributed by atoms with Crippen LogP contribution in [0, 0.1) is 0 Å². The highest BCUT2D eigenvalue weighted by Crippen LogP contribution is 2.20. The largest absolute Gasteiger partial charge is 0.348 e. The van der Waals surface area contributed by atoms with Crippen LogP contribution in [0.2, 0.25) is 5.02 Å². The molecule has 0 aliphatic heterocycles. The molecular weight excluding hydrogens is 370 g/mol. The van der Waals surface area contributed by atoms with Crippen LogP contribution in [0.3, 0.4) is 0 Å². The molecule has 0 aliphatic rings. The topological polar surface area (TPSA) is 72.2 Å². The number of benzene rings is 1. The molecule has 0 radical (unpaired) electrons. The summed E-state index contributed by atoms with van der Waals surface area (Å²) in [5, 5.41) is 20.3. The van der Waals surface area contributed by atoms with Crippen LogP contribution < -0.4 is 5.32 Å². The van der Waals surface area contributed by atoms with Crippen molar-refractivity contribution in [2.24, 2.45) is 0 Å². The quantitative estimate of drug-likeness (QED) is 0.573. The molecule has 0 spiro atoms. The van der Waals surface area contributed by atoms with Crippen molar-refractivity contribution >= 4 is 34.5 Å². The minimum Gasteiger partial charge on any atom is -0.348 e. The van der Waals surface area contributed by atoms with Crippen LogP contribution in [-0.2, 0) is 17.8 Å². The third kappa shape index (κ3) is 3.58. The van der Waals surface area contributed by atoms with E-state index in [4.69, 9.17) is 11.6 Å². The summed E-state index contributed by atoms with van der Waals surface area (Å²) in [6, 6.07) is 13.1. The first-order valence-electron chi connectivity index (χ1n) is 7.94. The van der Waals surface area contributed by atoms with Gasteiger partial charge >= 0.3 is 0 Å². The first-order chi connectivity index (χ1) is 12.7. The van der Waals surface area contributed by atoms with Crippen LogP contribution in [-0.4, -0.2) is 25.7 Å². The number of carbonyl (C=O) groups excluding carboxylic acids is 1. The number of amides is 1. The van der Waals surface area contributed by atoms with Crippen molar-refractivity contribution in [3.05, 3.63) is 69.6 Å². The lowest BCUT2D eigenvalue weighted by molar-refractivity contribution is -0.120. The Bertz CT molecular complexity index is 1040. The molecular formula is C18H14ClN5OS. The van der Waals surface area contributed by atoms with Gasteiger partial charge < -0.3 is 5.32 Å². The van der Waals surface area contributed by atoms with Gasteiger partial charge in [0.15, 0.2) is 11.5 Å². The van der Waals surface area contributed by atoms with Gasteiger partial charge in [0.1, 0.15) is 0 Å². The molecule has 8 heteroatoms. The smallest absolute Gasteiger partial charge is 0.224 e. The minimum atomic E-state index is -0.0611. The highest BCUT2D eigenvalue weighted by Gasteiger charge is 2.11. The fourth-order valence-corrected chi connectivity index (χ4v) is 3.33. The van der Waals surface area contributed by atoms with Crippen LogP contribution in [0.25, 0.3) is 16.9 Å². The Hall–Kier alpha value is -2.77. The van der Waals surface area contributed by atoms with Crippen LogP contribution in [0.5, 0.6) is 0 Å². The molecule has 130 valence electrons. The number of nitrogens with zero attached hydrogens (tertiary/aromatic N) is 4. The van der Waals surface area contributed by atoms with E-state index in [1.807, 2.05) is 53.2 Å². The number of thiophene rings is 1. The van der Waals surface area contributed by atoms with Crippen LogP contribution in [0.1, 0.15) is 11.4 Å². The van der Waals surface area contributed by atoms with Crippen molar-refractivity contribution in [2.75, 3.05) is 0 Å². The predicted octanol–water partition coefficient (Wildman–Crippen LogP) is 3.37. The maximum Gasteiger partial charge on any atom is 0.224 e. The van der Waals surface area contributed by atoms with Crippen LogP contribution in [0.4, 0.5) is 0 Å². The average molecular weight is 384 g/mol. The van der Waals surface area contributed by atoms with Gasteiger partial charge in [-0.05, 0) is 46.7 Å². The zero-order chi connectivity index (χ0) is 17.9. The zero-order valence-corrected chi connectivity index (χ0v) is 15.2. The predicted molar refractivity (Wildman–Crippen MR) is 101 cm³/mol. The number of nitrogens with one attached hydrogen (secondary N) is 1. The molecule has 1 N–H and O–H groups in total. The van der Waals surface area contributed by atoms with Crippen molar-refractivity contribution in [2.45, 2.75) is 13.0 Å². The maximum atomic E-state index is 12.1. The summed E-state index contributed by atoms with van der Waals surface area (Å²) in [6.07, 6.45) is 0.351. The van der Waals surface area contributed by atoms with E-state index in [1.165, 1.54) is 0 Å². The van der Waals surface area contributed by atoms with E-state index < -0.39 is 0 Å². The molecule has 4 aromatic rings. The van der Waals surface area contributed by atoms with E-state index in [0.717, 1.165) is 16.8 Å². The summed E-state index contributed by atoms with van der Waals surface area (Å²) in [6.45, 7) is 0.265. The molecule has 0 aliphatic carbocycles. The fraction of sp³-hybridized carbons (Fsp3) is 0.111. The fourth-order valence-electron chi connectivity index (χ4n) is 2.54. The van der Waals surface area contributed by atoms with Crippen LogP contribution in [0.15, 0.2) is 53.2 Å². The van der Waals surface area contributed by atoms with E-state index in [2.05, 4.69) is 20.6 Å². The van der Waals surface area contributed by atoms with Crippen molar-refractivity contribution in [3.63, 3.8) is 0 Å². The van der Waals surface area contributed by atoms with Gasteiger partial charge in [-0.2, -0.15) is 21.0 Å². The number of carbonyl (C=O) groups is 1. The summed E-state index contributed by atoms with van der Waals surface area (Å²) >= 11 is 7.51. The average Bonchev–Trinajstić information content (AvgIpc) is 3.30. The van der Waals surface area contributed by atoms with Crippen molar-refractivity contribution < 1.29 is 4.79 Å². The van der Waals surface area contributed by atoms with Gasteiger partial charge in [0.25, 0.3) is 0 Å². The summed E-state index contributed by atoms with van der Waals surface area (Å²) in [5.74, 6) is 0.517. The van der Waals surface area contributed by atoms with Gasteiger partial charge in [-0.1, -0.05) is 23.7 Å². The Balaban J connectivity index is 1.53. The third-order valence-corrected chi connectivity index (χ3v) is 4.84. The summed E-state index contributed by atoms with van der Waals surface area (Å²) in [4.78, 5) is 12.1. The molecule has 0 fully saturated rings. The van der Waals surface area contributed by atoms with Gasteiger partial charge in [-0.3, -0.25) is 4.79 Å². The highest BCUT2D eigenvalue weighted by atomic mass is 35.5. The van der Waals surface area contributed by atoms with E-state index >= 15 is 0 Å². The molecule has 0 unspecified atom stereocenters. The Morgan fingerprint density at radius 2 is 1.96 bits per heavy atom. The number of aromatic nitrogens is 4. The normalized spacial score (nSPS) is 11.0. The van der Waals surface area contributed by atoms with Crippen molar-refractivity contribution in [1.82, 2.24) is 25.1 Å². The van der Waals surface area contributed by atoms with Gasteiger partial charge in [0.2, 0.25) is 5.91 Å². The Labute approximate surface area is 158 Å². The molecule has 0 saturated carbocycles. The second-order valence-corrected chi connectivity index (χ2v) is 6.91. The molecule has 0 bridgehead atoms. The van der Waals surface area contributed by atoms with E-state index in [9.17, 15) is 4.79 Å². The monoisotopic (exact) mass is 383 g/mol. The standard InChI is InChI=1S/C18H14ClN5OS/c19-14-3-1-13(2-4-14)15-5-6-16-21-22-17(24(16)23-15)10-20-18(25)9-12-7-8-26-11-12/h1-8,11H,9-10H2,(H,20,25). The van der Waals surface area contributed by atoms with Gasteiger partial charge in [0, 0.05) is 10.6 Å². The van der Waals surface area contributed by atoms with Gasteiger partial charge in [-0.25, -0.2) is 0 Å². The number of fused-ring (bicyclic) bond motifs is 1. The minimum absolute atomic E-state index is 0.0611. The first kappa shape index (κ1) is 16.7. The highest BCUT2D eigenvalue weighted by molar-refractivity contribution is 7.08. The lowest BCUT2D eigenvalue weighted by Gasteiger charge is -2.05. The Morgan fingerprint density at radius 1 is 1.12 bits per heavy atom. The number of rotatable bonds is 5. The Kier molecular flexibility index (Phi) is 4.64. The SMILES string of the molecule is O=C(Cc1ccsc1)NCc1nnc2ccc(-c3ccc(Cl)cc3)nn12. The number of hydrogen-bond donors (Lipinski definition) is 1. The lowest BCUT2D eigenvalue weighted by Crippen LogP contribution is -2.25. The van der Waals surface area contributed by atoms with Crippen LogP contribution >= 0.6 is 22.9 Å². The zero-order valence-electron chi connectivity index (χ0n) is 13.6. The summed E-state index contributed by atoms with van der Waals surface area (Å²) in [5.41, 5.74) is 3.35. The number of halogens is 1. The van der Waals surface area contributed by atoms with Crippen molar-refractivity contribution in [3.8, 4) is 11.3 Å². The van der Waals surface area contributed by atoms with Gasteiger partial charge in [0.05, 0.1) is 18.7 Å². The van der Waals surface area contributed by atoms with Crippen molar-refractivity contribution in [1.29, 1.82) is 0 Å². The number of hydrogen-bond acceptors (Lipinski definition) is 5. The van der Waals surface area contributed by atoms with E-state index in [0.29, 0.717) is 22.9 Å². The van der Waals surface area contributed by atoms with Gasteiger partial charge in [-0.15, -0.1) is 10.2 Å². The molecule has 0 saturated heterocycles. The van der Waals surface area contributed by atoms with E-state index in [-0.39, 0.29) is 12.5 Å². The first-order valence-corrected chi connectivity index (χ1v) is 9.26. The summed E-state index contributed by atoms with van der Waals surface area (Å²) < 4.78 is 1.65. The molecule has 3 aromatic heterocycles. The summed E-state index contributed by atoms with van der Waals surface area (Å²) in [7, 11) is 0. The molecule has 0 atom stereocenters. The lowest BCUT2D eigenvalue weighted by atomic mass is 10.1. The molecule has 26 heavy (non-hydrogen) atoms. The second kappa shape index (κ2) is 7.23. The molecule has 6 nitrogen and oxygen atoms in total. The third-order valence-electron chi connectivity index (χ3n) is 3.86. The molecule has 4 rings (SSSR count). The molecule has 1 amide bonds.